The summed E-state index contributed by atoms with van der Waals surface area (Å²) in [5.74, 6) is -0.694. The number of carboxylic acid groups (broad SMARTS) is 1. The van der Waals surface area contributed by atoms with Gasteiger partial charge in [0, 0.05) is 16.6 Å². The van der Waals surface area contributed by atoms with E-state index in [4.69, 9.17) is 9.84 Å². The summed E-state index contributed by atoms with van der Waals surface area (Å²) < 4.78 is 17.6. The Labute approximate surface area is 148 Å². The highest BCUT2D eigenvalue weighted by Gasteiger charge is 2.21. The summed E-state index contributed by atoms with van der Waals surface area (Å²) in [5.41, 5.74) is 1.39. The fraction of sp³-hybridized carbons (Fsp3) is 0.222. The molecular weight excluding hydrogens is 342 g/mol. The van der Waals surface area contributed by atoms with Gasteiger partial charge in [0.2, 0.25) is 5.91 Å². The van der Waals surface area contributed by atoms with Gasteiger partial charge in [0.25, 0.3) is 0 Å². The third-order valence-corrected chi connectivity index (χ3v) is 5.26. The Balaban J connectivity index is 2.01. The van der Waals surface area contributed by atoms with Crippen LogP contribution in [0.3, 0.4) is 0 Å². The fourth-order valence-corrected chi connectivity index (χ4v) is 3.20. The van der Waals surface area contributed by atoms with Crippen molar-refractivity contribution in [1.29, 1.82) is 0 Å². The van der Waals surface area contributed by atoms with Gasteiger partial charge in [-0.05, 0) is 36.8 Å². The number of hydrogen-bond donors (Lipinski definition) is 2. The molecule has 2 rings (SSSR count). The number of amides is 1. The van der Waals surface area contributed by atoms with Gasteiger partial charge in [0.05, 0.1) is 18.4 Å². The third-order valence-electron chi connectivity index (χ3n) is 3.64. The molecule has 0 aliphatic carbocycles. The van der Waals surface area contributed by atoms with Crippen LogP contribution in [0.5, 0.6) is 5.75 Å². The zero-order chi connectivity index (χ0) is 18.4. The molecule has 0 aromatic heterocycles. The summed E-state index contributed by atoms with van der Waals surface area (Å²) in [4.78, 5) is 23.2. The molecule has 0 aliphatic heterocycles. The van der Waals surface area contributed by atoms with Gasteiger partial charge >= 0.3 is 5.97 Å². The first-order chi connectivity index (χ1) is 11.9. The van der Waals surface area contributed by atoms with E-state index in [9.17, 15) is 13.8 Å². The van der Waals surface area contributed by atoms with Crippen LogP contribution in [0.4, 0.5) is 5.69 Å². The van der Waals surface area contributed by atoms with Crippen LogP contribution >= 0.6 is 0 Å². The van der Waals surface area contributed by atoms with Crippen molar-refractivity contribution in [1.82, 2.24) is 0 Å². The average Bonchev–Trinajstić information content (AvgIpc) is 2.61. The van der Waals surface area contributed by atoms with E-state index >= 15 is 0 Å². The lowest BCUT2D eigenvalue weighted by molar-refractivity contribution is -0.115. The standard InChI is InChI=1S/C18H19NO5S/c1-12(17(20)19-15-5-3-4-6-16(15)24-2)25(23)11-13-7-9-14(10-8-13)18(21)22/h3-10,12H,11H2,1-2H3,(H,19,20)(H,21,22). The minimum absolute atomic E-state index is 0.163. The highest BCUT2D eigenvalue weighted by Crippen LogP contribution is 2.23. The SMILES string of the molecule is COc1ccccc1NC(=O)C(C)S(=O)Cc1ccc(C(=O)O)cc1. The highest BCUT2D eigenvalue weighted by molar-refractivity contribution is 7.85. The molecule has 7 heteroatoms. The van der Waals surface area contributed by atoms with E-state index in [2.05, 4.69) is 5.32 Å². The quantitative estimate of drug-likeness (QED) is 0.791. The maximum Gasteiger partial charge on any atom is 0.335 e. The maximum atomic E-state index is 12.4. The average molecular weight is 361 g/mol. The molecule has 0 saturated carbocycles. The second kappa shape index (κ2) is 8.43. The Morgan fingerprint density at radius 2 is 1.80 bits per heavy atom. The van der Waals surface area contributed by atoms with Crippen molar-refractivity contribution in [2.75, 3.05) is 12.4 Å². The van der Waals surface area contributed by atoms with Crippen LogP contribution in [-0.4, -0.2) is 33.6 Å². The first kappa shape index (κ1) is 18.7. The first-order valence-electron chi connectivity index (χ1n) is 7.55. The number of hydrogen-bond acceptors (Lipinski definition) is 4. The number of methoxy groups -OCH3 is 1. The van der Waals surface area contributed by atoms with Crippen LogP contribution in [-0.2, 0) is 21.3 Å². The molecule has 132 valence electrons. The lowest BCUT2D eigenvalue weighted by atomic mass is 10.1. The molecule has 0 heterocycles. The molecule has 25 heavy (non-hydrogen) atoms. The van der Waals surface area contributed by atoms with Gasteiger partial charge in [-0.25, -0.2) is 4.79 Å². The minimum Gasteiger partial charge on any atom is -0.495 e. The predicted octanol–water partition coefficient (Wildman–Crippen LogP) is 2.67. The van der Waals surface area contributed by atoms with Crippen LogP contribution in [0, 0.1) is 0 Å². The molecule has 0 spiro atoms. The third kappa shape index (κ3) is 4.90. The van der Waals surface area contributed by atoms with Crippen molar-refractivity contribution in [3.05, 3.63) is 59.7 Å². The lowest BCUT2D eigenvalue weighted by Crippen LogP contribution is -2.29. The highest BCUT2D eigenvalue weighted by atomic mass is 32.2. The van der Waals surface area contributed by atoms with Crippen LogP contribution in [0.15, 0.2) is 48.5 Å². The number of nitrogens with one attached hydrogen (secondary N) is 1. The largest absolute Gasteiger partial charge is 0.495 e. The van der Waals surface area contributed by atoms with Gasteiger partial charge in [0.15, 0.2) is 0 Å². The number of ether oxygens (including phenoxy) is 1. The Hall–Kier alpha value is -2.67. The molecule has 2 N–H and O–H groups in total. The van der Waals surface area contributed by atoms with Gasteiger partial charge in [-0.3, -0.25) is 9.00 Å². The number of carbonyl (C=O) groups excluding carboxylic acids is 1. The van der Waals surface area contributed by atoms with Crippen molar-refractivity contribution < 1.29 is 23.6 Å². The number of carboxylic acids is 1. The number of anilines is 1. The number of benzene rings is 2. The number of para-hydroxylation sites is 2. The zero-order valence-electron chi connectivity index (χ0n) is 13.9. The van der Waals surface area contributed by atoms with E-state index in [0.717, 1.165) is 0 Å². The zero-order valence-corrected chi connectivity index (χ0v) is 14.7. The Bertz CT molecular complexity index is 788. The Morgan fingerprint density at radius 3 is 2.40 bits per heavy atom. The second-order valence-corrected chi connectivity index (χ2v) is 7.12. The van der Waals surface area contributed by atoms with E-state index in [-0.39, 0.29) is 17.2 Å². The van der Waals surface area contributed by atoms with E-state index in [0.29, 0.717) is 17.0 Å². The molecule has 6 nitrogen and oxygen atoms in total. The van der Waals surface area contributed by atoms with E-state index in [1.165, 1.54) is 19.2 Å². The van der Waals surface area contributed by atoms with Gasteiger partial charge in [-0.15, -0.1) is 0 Å². The summed E-state index contributed by atoms with van der Waals surface area (Å²) in [6, 6.07) is 13.1. The number of rotatable bonds is 7. The molecule has 0 bridgehead atoms. The summed E-state index contributed by atoms with van der Waals surface area (Å²) in [6.45, 7) is 1.59. The topological polar surface area (TPSA) is 92.7 Å². The van der Waals surface area contributed by atoms with Crippen molar-refractivity contribution in [3.8, 4) is 5.75 Å². The normalized spacial score (nSPS) is 12.9. The smallest absolute Gasteiger partial charge is 0.335 e. The minimum atomic E-state index is -1.45. The number of aromatic carboxylic acids is 1. The van der Waals surface area contributed by atoms with Crippen LogP contribution in [0.2, 0.25) is 0 Å². The monoisotopic (exact) mass is 361 g/mol. The van der Waals surface area contributed by atoms with Crippen LogP contribution < -0.4 is 10.1 Å². The summed E-state index contributed by atoms with van der Waals surface area (Å²) >= 11 is 0. The van der Waals surface area contributed by atoms with Crippen LogP contribution in [0.25, 0.3) is 0 Å². The number of carbonyl (C=O) groups is 2. The lowest BCUT2D eigenvalue weighted by Gasteiger charge is -2.14. The van der Waals surface area contributed by atoms with E-state index in [1.54, 1.807) is 43.3 Å². The molecular formula is C18H19NO5S. The van der Waals surface area contributed by atoms with Gasteiger partial charge in [0.1, 0.15) is 11.0 Å². The molecule has 2 aromatic carbocycles. The fourth-order valence-electron chi connectivity index (χ4n) is 2.13. The van der Waals surface area contributed by atoms with Gasteiger partial charge in [-0.1, -0.05) is 24.3 Å². The van der Waals surface area contributed by atoms with Crippen molar-refractivity contribution in [2.45, 2.75) is 17.9 Å². The molecule has 0 saturated heterocycles. The maximum absolute atomic E-state index is 12.4. The molecule has 2 atom stereocenters. The van der Waals surface area contributed by atoms with Gasteiger partial charge in [-0.2, -0.15) is 0 Å². The summed E-state index contributed by atoms with van der Waals surface area (Å²) in [5, 5.41) is 10.9. The van der Waals surface area contributed by atoms with Crippen molar-refractivity contribution >= 4 is 28.4 Å². The van der Waals surface area contributed by atoms with Crippen molar-refractivity contribution in [3.63, 3.8) is 0 Å². The Kier molecular flexibility index (Phi) is 6.30. The first-order valence-corrected chi connectivity index (χ1v) is 8.94. The summed E-state index contributed by atoms with van der Waals surface area (Å²) in [7, 11) is 0.0616. The molecule has 0 fully saturated rings. The van der Waals surface area contributed by atoms with Crippen LogP contribution in [0.1, 0.15) is 22.8 Å². The molecule has 0 aliphatic rings. The molecule has 2 unspecified atom stereocenters. The second-order valence-electron chi connectivity index (χ2n) is 5.36. The molecule has 1 amide bonds. The van der Waals surface area contributed by atoms with E-state index in [1.807, 2.05) is 0 Å². The van der Waals surface area contributed by atoms with Gasteiger partial charge < -0.3 is 15.2 Å². The summed E-state index contributed by atoms with van der Waals surface area (Å²) in [6.07, 6.45) is 0. The molecule has 2 aromatic rings. The Morgan fingerprint density at radius 1 is 1.16 bits per heavy atom. The predicted molar refractivity (Wildman–Crippen MR) is 96.3 cm³/mol. The molecule has 0 radical (unpaired) electrons. The van der Waals surface area contributed by atoms with Crippen molar-refractivity contribution in [2.24, 2.45) is 0 Å². The van der Waals surface area contributed by atoms with E-state index < -0.39 is 22.0 Å².